The maximum atomic E-state index is 3.55. The fraction of sp³-hybridized carbons (Fsp3) is 0.304. The highest BCUT2D eigenvalue weighted by Crippen LogP contribution is 2.25. The molecule has 0 unspecified atom stereocenters. The van der Waals surface area contributed by atoms with E-state index in [1.807, 2.05) is 13.0 Å². The van der Waals surface area contributed by atoms with Crippen LogP contribution in [-0.2, 0) is 11.8 Å². The van der Waals surface area contributed by atoms with Gasteiger partial charge in [0.05, 0.1) is 0 Å². The molecule has 24 heavy (non-hydrogen) atoms. The summed E-state index contributed by atoms with van der Waals surface area (Å²) in [5, 5.41) is 3.55. The average molecular weight is 319 g/mol. The molecular formula is C23H29N. The maximum absolute atomic E-state index is 3.55. The van der Waals surface area contributed by atoms with Crippen LogP contribution < -0.4 is 5.32 Å². The lowest BCUT2D eigenvalue weighted by Crippen LogP contribution is -2.11. The topological polar surface area (TPSA) is 12.0 Å². The van der Waals surface area contributed by atoms with Crippen molar-refractivity contribution in [2.75, 3.05) is 5.32 Å². The molecule has 0 saturated heterocycles. The first kappa shape index (κ1) is 18.1. The van der Waals surface area contributed by atoms with Gasteiger partial charge >= 0.3 is 0 Å². The van der Waals surface area contributed by atoms with Crippen molar-refractivity contribution >= 4 is 11.4 Å². The number of allylic oxidation sites excluding steroid dienone is 3. The van der Waals surface area contributed by atoms with E-state index in [1.54, 1.807) is 0 Å². The van der Waals surface area contributed by atoms with Crippen LogP contribution in [0.5, 0.6) is 0 Å². The van der Waals surface area contributed by atoms with E-state index in [9.17, 15) is 0 Å². The Bertz CT molecular complexity index is 695. The number of benzene rings is 2. The fourth-order valence-electron chi connectivity index (χ4n) is 2.53. The summed E-state index contributed by atoms with van der Waals surface area (Å²) in [6.07, 6.45) is 7.31. The van der Waals surface area contributed by atoms with Crippen LogP contribution in [0.15, 0.2) is 66.8 Å². The monoisotopic (exact) mass is 319 g/mol. The zero-order chi connectivity index (χ0) is 17.6. The van der Waals surface area contributed by atoms with E-state index >= 15 is 0 Å². The Balaban J connectivity index is 2.28. The third-order valence-corrected chi connectivity index (χ3v) is 4.16. The lowest BCUT2D eigenvalue weighted by molar-refractivity contribution is 0.590. The highest BCUT2D eigenvalue weighted by molar-refractivity contribution is 5.78. The van der Waals surface area contributed by atoms with E-state index in [0.29, 0.717) is 0 Å². The highest BCUT2D eigenvalue weighted by atomic mass is 14.9. The van der Waals surface area contributed by atoms with Gasteiger partial charge in [-0.05, 0) is 53.7 Å². The van der Waals surface area contributed by atoms with Gasteiger partial charge in [0.15, 0.2) is 0 Å². The van der Waals surface area contributed by atoms with E-state index in [2.05, 4.69) is 93.7 Å². The maximum Gasteiger partial charge on any atom is 0.0457 e. The van der Waals surface area contributed by atoms with Gasteiger partial charge in [-0.25, -0.2) is 0 Å². The summed E-state index contributed by atoms with van der Waals surface area (Å²) in [7, 11) is 0. The van der Waals surface area contributed by atoms with Crippen LogP contribution in [0.3, 0.4) is 0 Å². The lowest BCUT2D eigenvalue weighted by atomic mass is 9.86. The Morgan fingerprint density at radius 1 is 0.958 bits per heavy atom. The van der Waals surface area contributed by atoms with Crippen LogP contribution in [0, 0.1) is 0 Å². The average Bonchev–Trinajstić information content (AvgIpc) is 2.58. The van der Waals surface area contributed by atoms with E-state index in [1.165, 1.54) is 16.7 Å². The van der Waals surface area contributed by atoms with Crippen molar-refractivity contribution in [3.8, 4) is 0 Å². The van der Waals surface area contributed by atoms with Crippen LogP contribution in [0.2, 0.25) is 0 Å². The number of anilines is 1. The zero-order valence-corrected chi connectivity index (χ0v) is 15.6. The Morgan fingerprint density at radius 2 is 1.58 bits per heavy atom. The normalized spacial score (nSPS) is 12.6. The number of hydrogen-bond acceptors (Lipinski definition) is 1. The van der Waals surface area contributed by atoms with Crippen LogP contribution in [-0.4, -0.2) is 0 Å². The third kappa shape index (κ3) is 4.86. The molecule has 0 fully saturated rings. The minimum Gasteiger partial charge on any atom is -0.355 e. The van der Waals surface area contributed by atoms with Crippen molar-refractivity contribution in [2.45, 2.75) is 46.5 Å². The summed E-state index contributed by atoms with van der Waals surface area (Å²) < 4.78 is 0. The summed E-state index contributed by atoms with van der Waals surface area (Å²) in [6.45, 7) is 10.9. The predicted molar refractivity (Wildman–Crippen MR) is 107 cm³/mol. The van der Waals surface area contributed by atoms with Crippen molar-refractivity contribution in [1.82, 2.24) is 0 Å². The predicted octanol–water partition coefficient (Wildman–Crippen LogP) is 6.58. The number of nitrogens with one attached hydrogen (secondary N) is 1. The van der Waals surface area contributed by atoms with Gasteiger partial charge in [-0.2, -0.15) is 0 Å². The first-order valence-corrected chi connectivity index (χ1v) is 8.74. The van der Waals surface area contributed by atoms with Crippen molar-refractivity contribution in [1.29, 1.82) is 0 Å². The van der Waals surface area contributed by atoms with Crippen molar-refractivity contribution in [3.63, 3.8) is 0 Å². The highest BCUT2D eigenvalue weighted by Gasteiger charge is 2.13. The standard InChI is InChI=1S/C23H29N/c1-6-8-9-22(24-21-16-10-18(7-2)11-17-21)19-12-14-20(15-13-19)23(3,4)5/h6,8-17,24H,7H2,1-5H3/b8-6-,22-9-. The van der Waals surface area contributed by atoms with Crippen LogP contribution in [0.25, 0.3) is 5.70 Å². The second-order valence-corrected chi connectivity index (χ2v) is 7.11. The molecule has 0 amide bonds. The summed E-state index contributed by atoms with van der Waals surface area (Å²) in [4.78, 5) is 0. The first-order valence-electron chi connectivity index (χ1n) is 8.74. The molecule has 0 radical (unpaired) electrons. The second-order valence-electron chi connectivity index (χ2n) is 7.11. The molecule has 0 spiro atoms. The van der Waals surface area contributed by atoms with E-state index in [0.717, 1.165) is 17.8 Å². The van der Waals surface area contributed by atoms with E-state index in [-0.39, 0.29) is 5.41 Å². The van der Waals surface area contributed by atoms with Gasteiger partial charge in [0, 0.05) is 11.4 Å². The number of rotatable bonds is 5. The zero-order valence-electron chi connectivity index (χ0n) is 15.6. The van der Waals surface area contributed by atoms with Crippen molar-refractivity contribution in [3.05, 3.63) is 83.4 Å². The SMILES string of the molecule is C/C=C\C=C(/Nc1ccc(CC)cc1)c1ccc(C(C)(C)C)cc1. The molecular weight excluding hydrogens is 290 g/mol. The minimum absolute atomic E-state index is 0.176. The smallest absolute Gasteiger partial charge is 0.0457 e. The molecule has 1 heteroatoms. The summed E-state index contributed by atoms with van der Waals surface area (Å²) >= 11 is 0. The Morgan fingerprint density at radius 3 is 2.08 bits per heavy atom. The molecule has 0 aliphatic heterocycles. The Hall–Kier alpha value is -2.28. The van der Waals surface area contributed by atoms with Crippen LogP contribution in [0.1, 0.15) is 51.3 Å². The van der Waals surface area contributed by atoms with Crippen molar-refractivity contribution in [2.24, 2.45) is 0 Å². The summed E-state index contributed by atoms with van der Waals surface area (Å²) in [5.41, 5.74) is 6.30. The molecule has 1 N–H and O–H groups in total. The third-order valence-electron chi connectivity index (χ3n) is 4.16. The minimum atomic E-state index is 0.176. The van der Waals surface area contributed by atoms with Crippen molar-refractivity contribution < 1.29 is 0 Å². The largest absolute Gasteiger partial charge is 0.355 e. The van der Waals surface area contributed by atoms with Gasteiger partial charge < -0.3 is 5.32 Å². The molecule has 0 saturated carbocycles. The molecule has 0 heterocycles. The summed E-state index contributed by atoms with van der Waals surface area (Å²) in [5.74, 6) is 0. The Labute approximate surface area is 147 Å². The molecule has 0 atom stereocenters. The molecule has 2 rings (SSSR count). The number of hydrogen-bond donors (Lipinski definition) is 1. The van der Waals surface area contributed by atoms with Gasteiger partial charge in [0.1, 0.15) is 0 Å². The molecule has 0 aliphatic rings. The van der Waals surface area contributed by atoms with Gasteiger partial charge in [-0.15, -0.1) is 0 Å². The summed E-state index contributed by atoms with van der Waals surface area (Å²) in [6, 6.07) is 17.5. The van der Waals surface area contributed by atoms with E-state index < -0.39 is 0 Å². The quantitative estimate of drug-likeness (QED) is 0.614. The molecule has 2 aromatic rings. The van der Waals surface area contributed by atoms with Gasteiger partial charge in [-0.3, -0.25) is 0 Å². The van der Waals surface area contributed by atoms with Gasteiger partial charge in [-0.1, -0.05) is 76.2 Å². The molecule has 0 aromatic heterocycles. The van der Waals surface area contributed by atoms with E-state index in [4.69, 9.17) is 0 Å². The van der Waals surface area contributed by atoms with Crippen LogP contribution >= 0.6 is 0 Å². The second kappa shape index (κ2) is 8.01. The molecule has 1 nitrogen and oxygen atoms in total. The molecule has 0 aliphatic carbocycles. The van der Waals surface area contributed by atoms with Crippen LogP contribution in [0.4, 0.5) is 5.69 Å². The number of aryl methyl sites for hydroxylation is 1. The van der Waals surface area contributed by atoms with Gasteiger partial charge in [0.25, 0.3) is 0 Å². The fourth-order valence-corrected chi connectivity index (χ4v) is 2.53. The molecule has 2 aromatic carbocycles. The lowest BCUT2D eigenvalue weighted by Gasteiger charge is -2.20. The first-order chi connectivity index (χ1) is 11.4. The van der Waals surface area contributed by atoms with Gasteiger partial charge in [0.2, 0.25) is 0 Å². The Kier molecular flexibility index (Phi) is 6.03. The molecule has 0 bridgehead atoms. The molecule has 126 valence electrons.